The van der Waals surface area contributed by atoms with Crippen molar-refractivity contribution >= 4 is 34.5 Å². The smallest absolute Gasteiger partial charge is 0.311 e. The van der Waals surface area contributed by atoms with Gasteiger partial charge in [-0.3, -0.25) is 24.6 Å². The molecule has 15 nitrogen and oxygen atoms in total. The highest BCUT2D eigenvalue weighted by Gasteiger charge is 2.30. The minimum atomic E-state index is -0.833. The third-order valence-electron chi connectivity index (χ3n) is 8.00. The predicted molar refractivity (Wildman–Crippen MR) is 175 cm³/mol. The first kappa shape index (κ1) is 34.7. The standard InChI is InChI=1S/C28H32N8O3.2C2H4O2/c1-33-14-16-34(17-15-33)20-8-10-21(11-9-20)35-28-25(27(29)30-18-31-28)26(32-35)19-6-12-22(13-7-19)39-24-5-3-2-4-23(24)36(37)38;2*1-2(3)4/h2-7,12-13,18,20-21H,8-11,14-17H2,1H3,(H2,29,30,31);2*1H3,(H,3,4). The zero-order chi connectivity index (χ0) is 34.1. The summed E-state index contributed by atoms with van der Waals surface area (Å²) in [5.41, 5.74) is 8.58. The second-order valence-corrected chi connectivity index (χ2v) is 11.4. The Morgan fingerprint density at radius 2 is 1.49 bits per heavy atom. The number of hydrogen-bond acceptors (Lipinski definition) is 11. The fourth-order valence-electron chi connectivity index (χ4n) is 5.81. The van der Waals surface area contributed by atoms with E-state index in [1.807, 2.05) is 16.8 Å². The predicted octanol–water partition coefficient (Wildman–Crippen LogP) is 4.69. The number of benzene rings is 2. The van der Waals surface area contributed by atoms with E-state index in [1.165, 1.54) is 12.4 Å². The van der Waals surface area contributed by atoms with Crippen molar-refractivity contribution in [3.63, 3.8) is 0 Å². The van der Waals surface area contributed by atoms with Crippen molar-refractivity contribution < 1.29 is 29.5 Å². The van der Waals surface area contributed by atoms with Crippen molar-refractivity contribution in [1.82, 2.24) is 29.5 Å². The minimum Gasteiger partial charge on any atom is -0.481 e. The van der Waals surface area contributed by atoms with E-state index in [0.717, 1.165) is 88.0 Å². The molecule has 3 heterocycles. The third-order valence-corrected chi connectivity index (χ3v) is 8.00. The summed E-state index contributed by atoms with van der Waals surface area (Å²) < 4.78 is 7.86. The molecule has 0 atom stereocenters. The maximum absolute atomic E-state index is 11.3. The normalized spacial score (nSPS) is 18.3. The van der Waals surface area contributed by atoms with Crippen LogP contribution in [0.3, 0.4) is 0 Å². The lowest BCUT2D eigenvalue weighted by Crippen LogP contribution is -2.49. The van der Waals surface area contributed by atoms with Crippen molar-refractivity contribution in [2.75, 3.05) is 39.0 Å². The monoisotopic (exact) mass is 648 g/mol. The van der Waals surface area contributed by atoms with E-state index in [9.17, 15) is 10.1 Å². The summed E-state index contributed by atoms with van der Waals surface area (Å²) in [5.74, 6) is -0.592. The van der Waals surface area contributed by atoms with E-state index >= 15 is 0 Å². The van der Waals surface area contributed by atoms with Crippen LogP contribution in [0.25, 0.3) is 22.3 Å². The van der Waals surface area contributed by atoms with E-state index in [1.54, 1.807) is 30.3 Å². The first-order valence-electron chi connectivity index (χ1n) is 15.3. The number of nitrogens with two attached hydrogens (primary N) is 1. The lowest BCUT2D eigenvalue weighted by Gasteiger charge is -2.41. The Hall–Kier alpha value is -5.15. The number of nitro benzene ring substituents is 1. The van der Waals surface area contributed by atoms with Gasteiger partial charge in [0.25, 0.3) is 11.9 Å². The van der Waals surface area contributed by atoms with Gasteiger partial charge in [0.2, 0.25) is 5.75 Å². The van der Waals surface area contributed by atoms with Gasteiger partial charge in [0, 0.05) is 57.7 Å². The van der Waals surface area contributed by atoms with Gasteiger partial charge in [0.05, 0.1) is 16.4 Å². The second kappa shape index (κ2) is 15.9. The van der Waals surface area contributed by atoms with Crippen LogP contribution in [0.5, 0.6) is 11.5 Å². The molecule has 0 spiro atoms. The van der Waals surface area contributed by atoms with Gasteiger partial charge in [-0.05, 0) is 63.1 Å². The molecule has 2 fully saturated rings. The van der Waals surface area contributed by atoms with Gasteiger partial charge in [-0.2, -0.15) is 5.10 Å². The molecule has 1 saturated carbocycles. The summed E-state index contributed by atoms with van der Waals surface area (Å²) in [5, 5.41) is 31.9. The molecule has 2 aliphatic rings. The van der Waals surface area contributed by atoms with Crippen molar-refractivity contribution in [1.29, 1.82) is 0 Å². The number of aliphatic carboxylic acids is 2. The quantitative estimate of drug-likeness (QED) is 0.192. The van der Waals surface area contributed by atoms with Crippen molar-refractivity contribution in [2.45, 2.75) is 51.6 Å². The number of carboxylic acid groups (broad SMARTS) is 2. The Bertz CT molecular complexity index is 1660. The summed E-state index contributed by atoms with van der Waals surface area (Å²) in [6.07, 6.45) is 5.87. The first-order chi connectivity index (χ1) is 22.4. The molecule has 47 heavy (non-hydrogen) atoms. The highest BCUT2D eigenvalue weighted by atomic mass is 16.6. The van der Waals surface area contributed by atoms with Crippen molar-refractivity contribution in [3.8, 4) is 22.8 Å². The van der Waals surface area contributed by atoms with Gasteiger partial charge < -0.3 is 25.6 Å². The zero-order valence-corrected chi connectivity index (χ0v) is 26.7. The number of carboxylic acids is 2. The van der Waals surface area contributed by atoms with Crippen LogP contribution in [-0.2, 0) is 9.59 Å². The lowest BCUT2D eigenvalue weighted by atomic mass is 9.90. The molecule has 0 bridgehead atoms. The molecule has 2 aromatic heterocycles. The molecule has 250 valence electrons. The molecule has 4 N–H and O–H groups in total. The van der Waals surface area contributed by atoms with Crippen LogP contribution < -0.4 is 10.5 Å². The van der Waals surface area contributed by atoms with Gasteiger partial charge >= 0.3 is 5.69 Å². The van der Waals surface area contributed by atoms with Gasteiger partial charge in [0.1, 0.15) is 23.6 Å². The molecule has 1 saturated heterocycles. The van der Waals surface area contributed by atoms with Crippen molar-refractivity contribution in [3.05, 3.63) is 65.0 Å². The number of ether oxygens (including phenoxy) is 1. The van der Waals surface area contributed by atoms with Crippen LogP contribution in [0.1, 0.15) is 45.6 Å². The molecule has 1 aliphatic carbocycles. The van der Waals surface area contributed by atoms with Crippen LogP contribution in [-0.4, -0.2) is 95.9 Å². The fraction of sp³-hybridized carbons (Fsp3) is 0.406. The van der Waals surface area contributed by atoms with Crippen LogP contribution in [0.2, 0.25) is 0 Å². The highest BCUT2D eigenvalue weighted by molar-refractivity contribution is 5.98. The number of anilines is 1. The molecule has 4 aromatic rings. The number of carbonyl (C=O) groups is 2. The molecular weight excluding hydrogens is 608 g/mol. The molecule has 1 aliphatic heterocycles. The second-order valence-electron chi connectivity index (χ2n) is 11.4. The molecule has 15 heteroatoms. The summed E-state index contributed by atoms with van der Waals surface area (Å²) in [7, 11) is 2.19. The van der Waals surface area contributed by atoms with Gasteiger partial charge in [-0.25, -0.2) is 14.6 Å². The molecule has 0 unspecified atom stereocenters. The zero-order valence-electron chi connectivity index (χ0n) is 26.7. The Kier molecular flexibility index (Phi) is 11.8. The number of hydrogen-bond donors (Lipinski definition) is 3. The summed E-state index contributed by atoms with van der Waals surface area (Å²) >= 11 is 0. The third kappa shape index (κ3) is 9.20. The largest absolute Gasteiger partial charge is 0.481 e. The van der Waals surface area contributed by atoms with Gasteiger partial charge in [0.15, 0.2) is 5.65 Å². The van der Waals surface area contributed by atoms with Crippen molar-refractivity contribution in [2.24, 2.45) is 0 Å². The van der Waals surface area contributed by atoms with E-state index in [-0.39, 0.29) is 17.5 Å². The Morgan fingerprint density at radius 1 is 0.915 bits per heavy atom. The van der Waals surface area contributed by atoms with E-state index < -0.39 is 16.9 Å². The van der Waals surface area contributed by atoms with Crippen LogP contribution in [0.4, 0.5) is 11.5 Å². The summed E-state index contributed by atoms with van der Waals surface area (Å²) in [6.45, 7) is 6.72. The van der Waals surface area contributed by atoms with E-state index in [0.29, 0.717) is 17.6 Å². The number of aromatic nitrogens is 4. The number of nitrogen functional groups attached to an aromatic ring is 1. The van der Waals surface area contributed by atoms with Crippen LogP contribution in [0, 0.1) is 10.1 Å². The number of para-hydroxylation sites is 2. The lowest BCUT2D eigenvalue weighted by molar-refractivity contribution is -0.385. The fourth-order valence-corrected chi connectivity index (χ4v) is 5.81. The number of nitro groups is 1. The number of likely N-dealkylation sites (N-methyl/N-ethyl adjacent to an activating group) is 1. The molecule has 6 rings (SSSR count). The highest BCUT2D eigenvalue weighted by Crippen LogP contribution is 2.38. The Labute approximate surface area is 271 Å². The topological polar surface area (TPSA) is 203 Å². The van der Waals surface area contributed by atoms with E-state index in [2.05, 4.69) is 26.8 Å². The maximum Gasteiger partial charge on any atom is 0.311 e. The number of piperazine rings is 1. The summed E-state index contributed by atoms with van der Waals surface area (Å²) in [4.78, 5) is 42.8. The van der Waals surface area contributed by atoms with Gasteiger partial charge in [-0.15, -0.1) is 0 Å². The number of fused-ring (bicyclic) bond motifs is 1. The maximum atomic E-state index is 11.3. The van der Waals surface area contributed by atoms with Gasteiger partial charge in [-0.1, -0.05) is 12.1 Å². The molecular formula is C32H40N8O7. The Morgan fingerprint density at radius 3 is 2.09 bits per heavy atom. The summed E-state index contributed by atoms with van der Waals surface area (Å²) in [6, 6.07) is 14.5. The number of nitrogens with zero attached hydrogens (tertiary/aromatic N) is 7. The molecule has 0 amide bonds. The van der Waals surface area contributed by atoms with Crippen LogP contribution >= 0.6 is 0 Å². The first-order valence-corrected chi connectivity index (χ1v) is 15.3. The molecule has 2 aromatic carbocycles. The van der Waals surface area contributed by atoms with E-state index in [4.69, 9.17) is 35.4 Å². The minimum absolute atomic E-state index is 0.0846. The number of rotatable bonds is 6. The van der Waals surface area contributed by atoms with Crippen LogP contribution in [0.15, 0.2) is 54.9 Å². The SMILES string of the molecule is CC(=O)O.CC(=O)O.CN1CCN(C2CCC(n3nc(-c4ccc(Oc5ccccc5[N+](=O)[O-])cc4)c4c(N)ncnc43)CC2)CC1. The average molecular weight is 649 g/mol. The average Bonchev–Trinajstić information content (AvgIpc) is 3.43. The Balaban J connectivity index is 0.000000564. The molecule has 0 radical (unpaired) electrons.